The van der Waals surface area contributed by atoms with E-state index in [1.807, 2.05) is 0 Å². The Hall–Kier alpha value is -1.96. The van der Waals surface area contributed by atoms with Gasteiger partial charge in [-0.25, -0.2) is 0 Å². The molecule has 2 unspecified atom stereocenters. The minimum Gasteiger partial charge on any atom is -0.544 e. The molecular formula is C28H49NO6. The lowest BCUT2D eigenvalue weighted by molar-refractivity contribution is -0.889. The molecule has 35 heavy (non-hydrogen) atoms. The van der Waals surface area contributed by atoms with Gasteiger partial charge < -0.3 is 29.0 Å². The maximum Gasteiger partial charge on any atom is 0.305 e. The van der Waals surface area contributed by atoms with Crippen molar-refractivity contribution >= 4 is 11.9 Å². The minimum atomic E-state index is -1.12. The number of aliphatic hydroxyl groups excluding tert-OH is 1. The van der Waals surface area contributed by atoms with Crippen LogP contribution in [0.1, 0.15) is 77.6 Å². The summed E-state index contributed by atoms with van der Waals surface area (Å²) in [6, 6.07) is -0.687. The maximum atomic E-state index is 11.8. The lowest BCUT2D eigenvalue weighted by Gasteiger charge is -2.34. The molecule has 0 aromatic heterocycles. The monoisotopic (exact) mass is 495 g/mol. The molecule has 0 fully saturated rings. The van der Waals surface area contributed by atoms with Crippen molar-refractivity contribution in [2.75, 3.05) is 41.0 Å². The van der Waals surface area contributed by atoms with Gasteiger partial charge in [0.15, 0.2) is 0 Å². The molecule has 0 radical (unpaired) electrons. The Bertz CT molecular complexity index is 636. The molecule has 0 aliphatic heterocycles. The number of hydrogen-bond donors (Lipinski definition) is 1. The van der Waals surface area contributed by atoms with Crippen molar-refractivity contribution in [2.45, 2.75) is 89.7 Å². The molecular weight excluding hydrogens is 446 g/mol. The molecule has 0 aliphatic carbocycles. The zero-order chi connectivity index (χ0) is 26.4. The standard InChI is InChI=1S/C28H49NO6/c1-5-6-7-8-9-10-11-12-13-14-15-16-17-18-19-20-27(31)35-24-25(30)23-34-22-21-26(28(32)33)29(2,3)4/h6-11,25-26,30H,5,12-24H2,1-4H3/b7-6+,9-8+,11-10+. The second kappa shape index (κ2) is 21.3. The molecule has 0 aliphatic rings. The number of quaternary nitrogens is 1. The van der Waals surface area contributed by atoms with Crippen LogP contribution in [0, 0.1) is 0 Å². The van der Waals surface area contributed by atoms with E-state index in [1.165, 1.54) is 25.7 Å². The quantitative estimate of drug-likeness (QED) is 0.106. The number of carbonyl (C=O) groups is 2. The summed E-state index contributed by atoms with van der Waals surface area (Å²) < 4.78 is 10.7. The third kappa shape index (κ3) is 21.1. The smallest absolute Gasteiger partial charge is 0.305 e. The van der Waals surface area contributed by atoms with E-state index < -0.39 is 18.1 Å². The number of carboxylic acid groups (broad SMARTS) is 1. The van der Waals surface area contributed by atoms with Crippen molar-refractivity contribution in [1.82, 2.24) is 0 Å². The van der Waals surface area contributed by atoms with Crippen molar-refractivity contribution in [1.29, 1.82) is 0 Å². The highest BCUT2D eigenvalue weighted by Gasteiger charge is 2.24. The lowest BCUT2D eigenvalue weighted by Crippen LogP contribution is -2.55. The SMILES string of the molecule is CC/C=C/C=C/C=C/CCCCCCCCCC(=O)OCC(O)COCCC(C(=O)[O-])[N+](C)(C)C. The zero-order valence-electron chi connectivity index (χ0n) is 22.5. The number of unbranched alkanes of at least 4 members (excludes halogenated alkanes) is 7. The number of carboxylic acids is 1. The number of ether oxygens (including phenoxy) is 2. The summed E-state index contributed by atoms with van der Waals surface area (Å²) in [7, 11) is 5.34. The van der Waals surface area contributed by atoms with Gasteiger partial charge in [-0.2, -0.15) is 0 Å². The summed E-state index contributed by atoms with van der Waals surface area (Å²) in [4.78, 5) is 23.0. The summed E-state index contributed by atoms with van der Waals surface area (Å²) in [6.07, 6.45) is 22.3. The van der Waals surface area contributed by atoms with Gasteiger partial charge in [0.25, 0.3) is 0 Å². The Balaban J connectivity index is 3.61. The first-order valence-electron chi connectivity index (χ1n) is 13.1. The Morgan fingerprint density at radius 1 is 0.886 bits per heavy atom. The number of esters is 1. The lowest BCUT2D eigenvalue weighted by atomic mass is 10.1. The van der Waals surface area contributed by atoms with Gasteiger partial charge in [0.2, 0.25) is 0 Å². The van der Waals surface area contributed by atoms with Crippen LogP contribution in [0.15, 0.2) is 36.5 Å². The van der Waals surface area contributed by atoms with E-state index >= 15 is 0 Å². The van der Waals surface area contributed by atoms with Crippen LogP contribution >= 0.6 is 0 Å². The number of aliphatic carboxylic acids is 1. The van der Waals surface area contributed by atoms with Gasteiger partial charge in [-0.3, -0.25) is 4.79 Å². The van der Waals surface area contributed by atoms with Crippen molar-refractivity contribution in [2.24, 2.45) is 0 Å². The minimum absolute atomic E-state index is 0.00696. The van der Waals surface area contributed by atoms with Crippen LogP contribution in [-0.4, -0.2) is 74.6 Å². The predicted octanol–water partition coefficient (Wildman–Crippen LogP) is 3.71. The third-order valence-corrected chi connectivity index (χ3v) is 5.58. The molecule has 0 spiro atoms. The van der Waals surface area contributed by atoms with Gasteiger partial charge >= 0.3 is 5.97 Å². The van der Waals surface area contributed by atoms with Gasteiger partial charge in [-0.15, -0.1) is 0 Å². The maximum absolute atomic E-state index is 11.8. The second-order valence-corrected chi connectivity index (χ2v) is 9.81. The van der Waals surface area contributed by atoms with Crippen molar-refractivity contribution < 1.29 is 33.8 Å². The molecule has 0 amide bonds. The first kappa shape index (κ1) is 33.0. The zero-order valence-corrected chi connectivity index (χ0v) is 22.5. The molecule has 0 heterocycles. The highest BCUT2D eigenvalue weighted by molar-refractivity contribution is 5.69. The van der Waals surface area contributed by atoms with E-state index in [2.05, 4.69) is 43.4 Å². The summed E-state index contributed by atoms with van der Waals surface area (Å²) in [5.41, 5.74) is 0. The number of likely N-dealkylation sites (N-methyl/N-ethyl adjacent to an activating group) is 1. The predicted molar refractivity (Wildman–Crippen MR) is 138 cm³/mol. The molecule has 7 heteroatoms. The second-order valence-electron chi connectivity index (χ2n) is 9.81. The molecule has 0 rings (SSSR count). The number of rotatable bonds is 22. The molecule has 2 atom stereocenters. The van der Waals surface area contributed by atoms with Crippen LogP contribution in [0.4, 0.5) is 0 Å². The molecule has 202 valence electrons. The number of nitrogens with zero attached hydrogens (tertiary/aromatic N) is 1. The van der Waals surface area contributed by atoms with Crippen LogP contribution in [0.2, 0.25) is 0 Å². The fourth-order valence-corrected chi connectivity index (χ4v) is 3.48. The van der Waals surface area contributed by atoms with E-state index in [0.29, 0.717) is 6.42 Å². The number of allylic oxidation sites excluding steroid dienone is 6. The van der Waals surface area contributed by atoms with Crippen molar-refractivity contribution in [3.05, 3.63) is 36.5 Å². The Morgan fingerprint density at radius 3 is 2.09 bits per heavy atom. The molecule has 0 aromatic carbocycles. The van der Waals surface area contributed by atoms with Crippen molar-refractivity contribution in [3.8, 4) is 0 Å². The number of carbonyl (C=O) groups excluding carboxylic acids is 2. The Labute approximate surface area is 213 Å². The molecule has 0 saturated carbocycles. The van der Waals surface area contributed by atoms with Gasteiger partial charge in [0.1, 0.15) is 18.8 Å². The van der Waals surface area contributed by atoms with Gasteiger partial charge in [-0.05, 0) is 25.7 Å². The van der Waals surface area contributed by atoms with Crippen LogP contribution in [0.3, 0.4) is 0 Å². The Morgan fingerprint density at radius 2 is 1.49 bits per heavy atom. The fourth-order valence-electron chi connectivity index (χ4n) is 3.48. The van der Waals surface area contributed by atoms with Gasteiger partial charge in [0, 0.05) is 12.8 Å². The first-order valence-corrected chi connectivity index (χ1v) is 13.1. The summed E-state index contributed by atoms with van der Waals surface area (Å²) in [5, 5.41) is 21.1. The molecule has 0 bridgehead atoms. The highest BCUT2D eigenvalue weighted by Crippen LogP contribution is 2.11. The number of hydrogen-bond acceptors (Lipinski definition) is 6. The average molecular weight is 496 g/mol. The van der Waals surface area contributed by atoms with E-state index in [-0.39, 0.29) is 36.7 Å². The average Bonchev–Trinajstić information content (AvgIpc) is 2.79. The largest absolute Gasteiger partial charge is 0.544 e. The van der Waals surface area contributed by atoms with E-state index in [4.69, 9.17) is 9.47 Å². The van der Waals surface area contributed by atoms with E-state index in [0.717, 1.165) is 32.1 Å². The van der Waals surface area contributed by atoms with Gasteiger partial charge in [0.05, 0.1) is 40.3 Å². The van der Waals surface area contributed by atoms with Gasteiger partial charge in [-0.1, -0.05) is 75.5 Å². The van der Waals surface area contributed by atoms with Crippen LogP contribution in [0.5, 0.6) is 0 Å². The molecule has 7 nitrogen and oxygen atoms in total. The van der Waals surface area contributed by atoms with Crippen LogP contribution < -0.4 is 5.11 Å². The number of aliphatic hydroxyl groups is 1. The van der Waals surface area contributed by atoms with Crippen molar-refractivity contribution in [3.63, 3.8) is 0 Å². The van der Waals surface area contributed by atoms with E-state index in [9.17, 15) is 19.8 Å². The third-order valence-electron chi connectivity index (χ3n) is 5.58. The summed E-state index contributed by atoms with van der Waals surface area (Å²) in [5.74, 6) is -1.43. The van der Waals surface area contributed by atoms with Crippen LogP contribution in [0.25, 0.3) is 0 Å². The molecule has 1 N–H and O–H groups in total. The van der Waals surface area contributed by atoms with E-state index in [1.54, 1.807) is 21.1 Å². The first-order chi connectivity index (χ1) is 16.7. The molecule has 0 saturated heterocycles. The molecule has 0 aromatic rings. The Kier molecular flexibility index (Phi) is 20.1. The van der Waals surface area contributed by atoms with Crippen LogP contribution in [-0.2, 0) is 19.1 Å². The normalized spacial score (nSPS) is 14.2. The summed E-state index contributed by atoms with van der Waals surface area (Å²) in [6.45, 7) is 2.19. The highest BCUT2D eigenvalue weighted by atomic mass is 16.5. The summed E-state index contributed by atoms with van der Waals surface area (Å²) >= 11 is 0. The fraction of sp³-hybridized carbons (Fsp3) is 0.714. The topological polar surface area (TPSA) is 95.9 Å².